The lowest BCUT2D eigenvalue weighted by Gasteiger charge is -2.32. The van der Waals surface area contributed by atoms with Gasteiger partial charge in [-0.3, -0.25) is 4.79 Å². The van der Waals surface area contributed by atoms with Gasteiger partial charge in [0.25, 0.3) is 5.56 Å². The molecule has 21 heavy (non-hydrogen) atoms. The second kappa shape index (κ2) is 4.45. The zero-order valence-corrected chi connectivity index (χ0v) is 12.4. The molecule has 4 rings (SSSR count). The van der Waals surface area contributed by atoms with Crippen LogP contribution in [0.25, 0.3) is 21.8 Å². The Hall–Kier alpha value is -2.10. The van der Waals surface area contributed by atoms with Crippen molar-refractivity contribution < 1.29 is 0 Å². The molecule has 1 aliphatic carbocycles. The monoisotopic (exact) mass is 281 g/mol. The van der Waals surface area contributed by atoms with Gasteiger partial charge in [0.15, 0.2) is 0 Å². The van der Waals surface area contributed by atoms with Crippen molar-refractivity contribution in [2.24, 2.45) is 18.9 Å². The van der Waals surface area contributed by atoms with E-state index in [9.17, 15) is 4.79 Å². The summed E-state index contributed by atoms with van der Waals surface area (Å²) >= 11 is 0. The molecule has 0 spiro atoms. The molecule has 1 saturated carbocycles. The van der Waals surface area contributed by atoms with Crippen molar-refractivity contribution in [2.45, 2.75) is 26.3 Å². The highest BCUT2D eigenvalue weighted by molar-refractivity contribution is 6.07. The number of benzene rings is 1. The van der Waals surface area contributed by atoms with Gasteiger partial charge in [0.05, 0.1) is 6.20 Å². The maximum Gasteiger partial charge on any atom is 0.291 e. The molecule has 4 heteroatoms. The van der Waals surface area contributed by atoms with Crippen LogP contribution >= 0.6 is 0 Å². The van der Waals surface area contributed by atoms with Gasteiger partial charge in [-0.25, -0.2) is 4.68 Å². The first kappa shape index (κ1) is 12.6. The van der Waals surface area contributed by atoms with Crippen LogP contribution in [0.1, 0.15) is 19.8 Å². The first-order chi connectivity index (χ1) is 10.1. The smallest absolute Gasteiger partial charge is 0.291 e. The number of hydrogen-bond donors (Lipinski definition) is 0. The van der Waals surface area contributed by atoms with Gasteiger partial charge in [0, 0.05) is 29.9 Å². The molecule has 1 fully saturated rings. The maximum absolute atomic E-state index is 12.8. The highest BCUT2D eigenvalue weighted by Crippen LogP contribution is 2.34. The Morgan fingerprint density at radius 1 is 1.24 bits per heavy atom. The van der Waals surface area contributed by atoms with Gasteiger partial charge in [-0.2, -0.15) is 5.10 Å². The van der Waals surface area contributed by atoms with Gasteiger partial charge in [0.2, 0.25) is 0 Å². The molecule has 3 aromatic rings. The van der Waals surface area contributed by atoms with E-state index in [1.165, 1.54) is 12.8 Å². The molecule has 0 bridgehead atoms. The fraction of sp³-hybridized carbons (Fsp3) is 0.412. The minimum absolute atomic E-state index is 0.0331. The van der Waals surface area contributed by atoms with Crippen molar-refractivity contribution in [3.63, 3.8) is 0 Å². The Bertz CT molecular complexity index is 884. The maximum atomic E-state index is 12.8. The summed E-state index contributed by atoms with van der Waals surface area (Å²) in [5.41, 5.74) is 1.88. The molecule has 0 atom stereocenters. The molecule has 1 aliphatic rings. The molecule has 0 saturated heterocycles. The van der Waals surface area contributed by atoms with E-state index in [1.807, 2.05) is 36.0 Å². The van der Waals surface area contributed by atoms with Gasteiger partial charge in [0.1, 0.15) is 5.52 Å². The van der Waals surface area contributed by atoms with Gasteiger partial charge >= 0.3 is 0 Å². The lowest BCUT2D eigenvalue weighted by molar-refractivity contribution is 0.179. The number of aromatic nitrogens is 3. The van der Waals surface area contributed by atoms with E-state index in [2.05, 4.69) is 18.1 Å². The lowest BCUT2D eigenvalue weighted by Crippen LogP contribution is -2.32. The van der Waals surface area contributed by atoms with Crippen LogP contribution < -0.4 is 5.56 Å². The van der Waals surface area contributed by atoms with Crippen LogP contribution in [0.15, 0.2) is 35.3 Å². The molecular formula is C17H19N3O. The molecule has 2 heterocycles. The number of nitrogens with zero attached hydrogens (tertiary/aromatic N) is 3. The summed E-state index contributed by atoms with van der Waals surface area (Å²) in [6, 6.07) is 8.11. The van der Waals surface area contributed by atoms with Crippen LogP contribution in [0.3, 0.4) is 0 Å². The summed E-state index contributed by atoms with van der Waals surface area (Å²) in [6.07, 6.45) is 4.27. The lowest BCUT2D eigenvalue weighted by atomic mass is 9.76. The number of hydrogen-bond acceptors (Lipinski definition) is 2. The van der Waals surface area contributed by atoms with Gasteiger partial charge in [-0.15, -0.1) is 0 Å². The predicted molar refractivity (Wildman–Crippen MR) is 84.4 cm³/mol. The van der Waals surface area contributed by atoms with Crippen LogP contribution in [0.4, 0.5) is 0 Å². The number of rotatable bonds is 2. The molecular weight excluding hydrogens is 262 g/mol. The minimum atomic E-state index is 0.0331. The van der Waals surface area contributed by atoms with Crippen molar-refractivity contribution in [3.8, 4) is 0 Å². The van der Waals surface area contributed by atoms with Gasteiger partial charge < -0.3 is 4.57 Å². The van der Waals surface area contributed by atoms with E-state index in [4.69, 9.17) is 0 Å². The number of aryl methyl sites for hydroxylation is 1. The summed E-state index contributed by atoms with van der Waals surface area (Å²) in [6.45, 7) is 3.01. The van der Waals surface area contributed by atoms with Crippen molar-refractivity contribution in [2.75, 3.05) is 0 Å². The van der Waals surface area contributed by atoms with Crippen molar-refractivity contribution in [1.29, 1.82) is 0 Å². The quantitative estimate of drug-likeness (QED) is 0.724. The largest absolute Gasteiger partial charge is 0.339 e. The van der Waals surface area contributed by atoms with Gasteiger partial charge in [-0.1, -0.05) is 25.1 Å². The van der Waals surface area contributed by atoms with E-state index in [0.29, 0.717) is 5.92 Å². The fourth-order valence-corrected chi connectivity index (χ4v) is 3.71. The van der Waals surface area contributed by atoms with E-state index in [0.717, 1.165) is 34.3 Å². The SMILES string of the molecule is CC1CC(Cn2ncc3c4ccccc4n(C)c3c2=O)C1. The third-order valence-electron chi connectivity index (χ3n) is 4.81. The summed E-state index contributed by atoms with van der Waals surface area (Å²) in [4.78, 5) is 12.8. The predicted octanol–water partition coefficient (Wildman–Crippen LogP) is 2.93. The molecule has 1 aromatic carbocycles. The first-order valence-electron chi connectivity index (χ1n) is 7.58. The third-order valence-corrected chi connectivity index (χ3v) is 4.81. The van der Waals surface area contributed by atoms with Crippen molar-refractivity contribution in [3.05, 3.63) is 40.8 Å². The Morgan fingerprint density at radius 2 is 2.00 bits per heavy atom. The normalized spacial score (nSPS) is 21.8. The van der Waals surface area contributed by atoms with Crippen molar-refractivity contribution >= 4 is 21.8 Å². The Balaban J connectivity index is 1.88. The molecule has 4 nitrogen and oxygen atoms in total. The van der Waals surface area contributed by atoms with E-state index in [-0.39, 0.29) is 5.56 Å². The van der Waals surface area contributed by atoms with Gasteiger partial charge in [-0.05, 0) is 30.7 Å². The van der Waals surface area contributed by atoms with E-state index < -0.39 is 0 Å². The third kappa shape index (κ3) is 1.82. The molecule has 0 N–H and O–H groups in total. The Labute approximate surface area is 123 Å². The molecule has 108 valence electrons. The second-order valence-corrected chi connectivity index (χ2v) is 6.41. The summed E-state index contributed by atoms with van der Waals surface area (Å²) in [7, 11) is 1.96. The molecule has 0 radical (unpaired) electrons. The zero-order valence-electron chi connectivity index (χ0n) is 12.4. The second-order valence-electron chi connectivity index (χ2n) is 6.41. The van der Waals surface area contributed by atoms with Crippen LogP contribution in [0.2, 0.25) is 0 Å². The molecule has 2 aromatic heterocycles. The summed E-state index contributed by atoms with van der Waals surface area (Å²) < 4.78 is 3.65. The first-order valence-corrected chi connectivity index (χ1v) is 7.58. The van der Waals surface area contributed by atoms with E-state index in [1.54, 1.807) is 4.68 Å². The number of fused-ring (bicyclic) bond motifs is 3. The minimum Gasteiger partial charge on any atom is -0.339 e. The average molecular weight is 281 g/mol. The van der Waals surface area contributed by atoms with Crippen LogP contribution in [0.5, 0.6) is 0 Å². The summed E-state index contributed by atoms with van der Waals surface area (Å²) in [5, 5.41) is 6.46. The van der Waals surface area contributed by atoms with Crippen LogP contribution in [0, 0.1) is 11.8 Å². The standard InChI is InChI=1S/C17H19N3O/c1-11-7-12(8-11)10-20-17(21)16-14(9-18-20)13-5-3-4-6-15(13)19(16)2/h3-6,9,11-12H,7-8,10H2,1-2H3. The summed E-state index contributed by atoms with van der Waals surface area (Å²) in [5.74, 6) is 1.41. The number of para-hydroxylation sites is 1. The highest BCUT2D eigenvalue weighted by Gasteiger charge is 2.26. The molecule has 0 aliphatic heterocycles. The topological polar surface area (TPSA) is 39.8 Å². The average Bonchev–Trinajstić information content (AvgIpc) is 2.74. The van der Waals surface area contributed by atoms with Crippen molar-refractivity contribution in [1.82, 2.24) is 14.3 Å². The molecule has 0 amide bonds. The Morgan fingerprint density at radius 3 is 2.76 bits per heavy atom. The fourth-order valence-electron chi connectivity index (χ4n) is 3.71. The van der Waals surface area contributed by atoms with Crippen LogP contribution in [-0.2, 0) is 13.6 Å². The zero-order chi connectivity index (χ0) is 14.6. The highest BCUT2D eigenvalue weighted by atomic mass is 16.1. The Kier molecular flexibility index (Phi) is 2.67. The van der Waals surface area contributed by atoms with Crippen LogP contribution in [-0.4, -0.2) is 14.3 Å². The molecule has 0 unspecified atom stereocenters. The van der Waals surface area contributed by atoms with E-state index >= 15 is 0 Å².